The van der Waals surface area contributed by atoms with Crippen LogP contribution in [-0.2, 0) is 4.79 Å². The number of amides is 1. The third-order valence-electron chi connectivity index (χ3n) is 3.47. The van der Waals surface area contributed by atoms with Gasteiger partial charge in [0.25, 0.3) is 0 Å². The van der Waals surface area contributed by atoms with Crippen molar-refractivity contribution in [2.75, 3.05) is 10.7 Å². The largest absolute Gasteiger partial charge is 0.295 e. The first-order chi connectivity index (χ1) is 10.5. The van der Waals surface area contributed by atoms with E-state index in [0.717, 1.165) is 15.6 Å². The van der Waals surface area contributed by atoms with E-state index in [2.05, 4.69) is 15.9 Å². The van der Waals surface area contributed by atoms with E-state index >= 15 is 0 Å². The van der Waals surface area contributed by atoms with Gasteiger partial charge in [-0.3, -0.25) is 9.69 Å². The molecule has 0 radical (unpaired) electrons. The lowest BCUT2D eigenvalue weighted by Crippen LogP contribution is -2.28. The highest BCUT2D eigenvalue weighted by atomic mass is 79.9. The number of thioether (sulfide) groups is 1. The van der Waals surface area contributed by atoms with Gasteiger partial charge in [-0.25, -0.2) is 4.39 Å². The van der Waals surface area contributed by atoms with Crippen molar-refractivity contribution >= 4 is 50.9 Å². The van der Waals surface area contributed by atoms with Crippen LogP contribution in [0.5, 0.6) is 0 Å². The van der Waals surface area contributed by atoms with Crippen molar-refractivity contribution in [2.24, 2.45) is 0 Å². The fourth-order valence-corrected chi connectivity index (χ4v) is 4.53. The number of hydrogen-bond donors (Lipinski definition) is 0. The highest BCUT2D eigenvalue weighted by molar-refractivity contribution is 9.10. The van der Waals surface area contributed by atoms with Gasteiger partial charge in [0.05, 0.1) is 11.4 Å². The molecule has 0 bridgehead atoms. The average molecular weight is 401 g/mol. The van der Waals surface area contributed by atoms with Crippen molar-refractivity contribution in [1.29, 1.82) is 0 Å². The molecule has 2 nitrogen and oxygen atoms in total. The molecule has 1 unspecified atom stereocenters. The van der Waals surface area contributed by atoms with E-state index < -0.39 is 0 Å². The van der Waals surface area contributed by atoms with E-state index in [1.54, 1.807) is 17.0 Å². The number of halogens is 3. The highest BCUT2D eigenvalue weighted by Crippen LogP contribution is 2.44. The van der Waals surface area contributed by atoms with Crippen LogP contribution >= 0.6 is 39.3 Å². The Bertz CT molecular complexity index is 735. The van der Waals surface area contributed by atoms with E-state index in [9.17, 15) is 9.18 Å². The summed E-state index contributed by atoms with van der Waals surface area (Å²) in [5.41, 5.74) is 2.39. The minimum atomic E-state index is -0.351. The summed E-state index contributed by atoms with van der Waals surface area (Å²) in [7, 11) is 0. The topological polar surface area (TPSA) is 20.3 Å². The molecule has 1 heterocycles. The number of benzene rings is 2. The lowest BCUT2D eigenvalue weighted by Gasteiger charge is -2.26. The zero-order chi connectivity index (χ0) is 15.9. The fraction of sp³-hybridized carbons (Fsp3) is 0.188. The lowest BCUT2D eigenvalue weighted by molar-refractivity contribution is -0.115. The van der Waals surface area contributed by atoms with Crippen molar-refractivity contribution in [3.05, 3.63) is 62.8 Å². The summed E-state index contributed by atoms with van der Waals surface area (Å²) >= 11 is 11.0. The zero-order valence-corrected chi connectivity index (χ0v) is 14.8. The van der Waals surface area contributed by atoms with E-state index in [4.69, 9.17) is 11.6 Å². The second kappa shape index (κ2) is 6.22. The number of anilines is 1. The fourth-order valence-electron chi connectivity index (χ4n) is 2.49. The maximum atomic E-state index is 13.6. The first kappa shape index (κ1) is 15.8. The lowest BCUT2D eigenvalue weighted by atomic mass is 10.1. The quantitative estimate of drug-likeness (QED) is 0.679. The predicted octanol–water partition coefficient (Wildman–Crippen LogP) is 5.33. The summed E-state index contributed by atoms with van der Waals surface area (Å²) in [4.78, 5) is 14.0. The normalized spacial score (nSPS) is 18.1. The second-order valence-electron chi connectivity index (χ2n) is 5.06. The number of carbonyl (C=O) groups is 1. The monoisotopic (exact) mass is 399 g/mol. The van der Waals surface area contributed by atoms with Crippen LogP contribution in [0.15, 0.2) is 40.9 Å². The van der Waals surface area contributed by atoms with Crippen LogP contribution in [0.1, 0.15) is 16.5 Å². The molecule has 1 aliphatic heterocycles. The molecule has 0 saturated carbocycles. The van der Waals surface area contributed by atoms with Gasteiger partial charge in [0.2, 0.25) is 5.91 Å². The highest BCUT2D eigenvalue weighted by Gasteiger charge is 2.35. The standard InChI is InChI=1S/C16H12BrClFNOS/c1-9-2-3-13(19)7-14(9)20-15(21)8-22-16(20)10-4-11(17)6-12(18)5-10/h2-7,16H,8H2,1H3. The van der Waals surface area contributed by atoms with Crippen LogP contribution in [0, 0.1) is 12.7 Å². The van der Waals surface area contributed by atoms with Gasteiger partial charge < -0.3 is 0 Å². The molecule has 1 fully saturated rings. The molecule has 0 spiro atoms. The molecule has 6 heteroatoms. The molecule has 0 aliphatic carbocycles. The summed E-state index contributed by atoms with van der Waals surface area (Å²) in [5.74, 6) is -0.0128. The zero-order valence-electron chi connectivity index (χ0n) is 11.6. The minimum Gasteiger partial charge on any atom is -0.295 e. The van der Waals surface area contributed by atoms with Crippen molar-refractivity contribution < 1.29 is 9.18 Å². The maximum absolute atomic E-state index is 13.6. The van der Waals surface area contributed by atoms with Gasteiger partial charge in [0, 0.05) is 9.50 Å². The van der Waals surface area contributed by atoms with Gasteiger partial charge in [-0.05, 0) is 48.4 Å². The Morgan fingerprint density at radius 1 is 1.32 bits per heavy atom. The summed E-state index contributed by atoms with van der Waals surface area (Å²) in [6, 6.07) is 10.1. The van der Waals surface area contributed by atoms with Crippen LogP contribution < -0.4 is 4.90 Å². The minimum absolute atomic E-state index is 0.0280. The van der Waals surface area contributed by atoms with Crippen LogP contribution in [0.2, 0.25) is 5.02 Å². The molecule has 22 heavy (non-hydrogen) atoms. The molecule has 0 aromatic heterocycles. The van der Waals surface area contributed by atoms with E-state index in [1.807, 2.05) is 19.1 Å². The predicted molar refractivity (Wildman–Crippen MR) is 93.0 cm³/mol. The Hall–Kier alpha value is -1.04. The molecule has 2 aromatic carbocycles. The van der Waals surface area contributed by atoms with Crippen LogP contribution in [0.25, 0.3) is 0 Å². The molecule has 2 aromatic rings. The Kier molecular flexibility index (Phi) is 4.48. The third kappa shape index (κ3) is 3.03. The first-order valence-electron chi connectivity index (χ1n) is 6.61. The van der Waals surface area contributed by atoms with Crippen molar-refractivity contribution in [3.8, 4) is 0 Å². The first-order valence-corrected chi connectivity index (χ1v) is 8.83. The summed E-state index contributed by atoms with van der Waals surface area (Å²) in [6.07, 6.45) is 0. The molecule has 1 aliphatic rings. The third-order valence-corrected chi connectivity index (χ3v) is 5.36. The molecule has 3 rings (SSSR count). The smallest absolute Gasteiger partial charge is 0.238 e. The molecule has 1 saturated heterocycles. The number of nitrogens with zero attached hydrogens (tertiary/aromatic N) is 1. The second-order valence-corrected chi connectivity index (χ2v) is 7.48. The van der Waals surface area contributed by atoms with Gasteiger partial charge in [0.1, 0.15) is 11.2 Å². The molecular formula is C16H12BrClFNOS. The Morgan fingerprint density at radius 2 is 2.09 bits per heavy atom. The number of carbonyl (C=O) groups excluding carboxylic acids is 1. The van der Waals surface area contributed by atoms with Gasteiger partial charge >= 0.3 is 0 Å². The summed E-state index contributed by atoms with van der Waals surface area (Å²) in [5, 5.41) is 0.392. The average Bonchev–Trinajstić information content (AvgIpc) is 2.82. The number of rotatable bonds is 2. The Morgan fingerprint density at radius 3 is 2.82 bits per heavy atom. The van der Waals surface area contributed by atoms with Crippen LogP contribution in [0.3, 0.4) is 0 Å². The summed E-state index contributed by atoms with van der Waals surface area (Å²) < 4.78 is 14.5. The maximum Gasteiger partial charge on any atom is 0.238 e. The molecular weight excluding hydrogens is 389 g/mol. The molecule has 1 amide bonds. The number of aryl methyl sites for hydroxylation is 1. The SMILES string of the molecule is Cc1ccc(F)cc1N1C(=O)CSC1c1cc(Cl)cc(Br)c1. The molecule has 0 N–H and O–H groups in total. The van der Waals surface area contributed by atoms with Crippen molar-refractivity contribution in [1.82, 2.24) is 0 Å². The van der Waals surface area contributed by atoms with Crippen molar-refractivity contribution in [3.63, 3.8) is 0 Å². The van der Waals surface area contributed by atoms with Gasteiger partial charge in [-0.1, -0.05) is 33.6 Å². The van der Waals surface area contributed by atoms with E-state index in [-0.39, 0.29) is 17.1 Å². The van der Waals surface area contributed by atoms with Crippen LogP contribution in [0.4, 0.5) is 10.1 Å². The van der Waals surface area contributed by atoms with Gasteiger partial charge in [-0.2, -0.15) is 0 Å². The van der Waals surface area contributed by atoms with Crippen LogP contribution in [-0.4, -0.2) is 11.7 Å². The summed E-state index contributed by atoms with van der Waals surface area (Å²) in [6.45, 7) is 1.87. The van der Waals surface area contributed by atoms with Gasteiger partial charge in [0.15, 0.2) is 0 Å². The number of hydrogen-bond acceptors (Lipinski definition) is 2. The molecule has 114 valence electrons. The molecule has 1 atom stereocenters. The van der Waals surface area contributed by atoms with Gasteiger partial charge in [-0.15, -0.1) is 11.8 Å². The Labute approximate surface area is 145 Å². The Balaban J connectivity index is 2.08. The van der Waals surface area contributed by atoms with E-state index in [0.29, 0.717) is 16.5 Å². The van der Waals surface area contributed by atoms with Crippen molar-refractivity contribution in [2.45, 2.75) is 12.3 Å². The van der Waals surface area contributed by atoms with E-state index in [1.165, 1.54) is 23.9 Å².